The Balaban J connectivity index is -0.00000240. The highest BCUT2D eigenvalue weighted by Gasteiger charge is 2.16. The van der Waals surface area contributed by atoms with Gasteiger partial charge >= 0.3 is 0 Å². The second kappa shape index (κ2) is 9.24. The highest BCUT2D eigenvalue weighted by atomic mass is 15.0. The first-order valence-corrected chi connectivity index (χ1v) is 13.8. The van der Waals surface area contributed by atoms with Gasteiger partial charge in [0.05, 0.1) is 45.3 Å². The summed E-state index contributed by atoms with van der Waals surface area (Å²) < 4.78 is 4.50. The minimum atomic E-state index is 0. The van der Waals surface area contributed by atoms with Crippen LogP contribution in [0, 0.1) is 22.7 Å². The van der Waals surface area contributed by atoms with Crippen LogP contribution in [-0.4, -0.2) is 9.13 Å². The molecule has 0 unspecified atom stereocenters. The second-order valence-electron chi connectivity index (χ2n) is 10.5. The van der Waals surface area contributed by atoms with Gasteiger partial charge < -0.3 is 9.13 Å². The SMILES string of the molecule is N#Cc1cc(-c2cccc(-n3c4ccccc4c4ccccc43)c2)cc(-n2c3ccccc3c3cc(C#N)ccc32)c1.[HH].[HH].[HH].[HH].[HH].[HH].[HH].[HH].[HH].[HH]. The zero-order valence-electron chi connectivity index (χ0n) is 22.5. The molecule has 0 spiro atoms. The molecule has 42 heavy (non-hydrogen) atoms. The number of fused-ring (bicyclic) bond motifs is 6. The van der Waals surface area contributed by atoms with E-state index in [0.29, 0.717) is 11.1 Å². The number of hydrogen-bond acceptors (Lipinski definition) is 2. The third kappa shape index (κ3) is 3.53. The van der Waals surface area contributed by atoms with Crippen LogP contribution < -0.4 is 0 Å². The molecule has 4 nitrogen and oxygen atoms in total. The lowest BCUT2D eigenvalue weighted by molar-refractivity contribution is 1.17. The number of para-hydroxylation sites is 3. The summed E-state index contributed by atoms with van der Waals surface area (Å²) in [5.41, 5.74) is 9.51. The first-order chi connectivity index (χ1) is 20.7. The van der Waals surface area contributed by atoms with Crippen LogP contribution in [0.3, 0.4) is 0 Å². The van der Waals surface area contributed by atoms with E-state index < -0.39 is 0 Å². The predicted octanol–water partition coefficient (Wildman–Crippen LogP) is 11.8. The van der Waals surface area contributed by atoms with E-state index in [9.17, 15) is 10.5 Å². The molecule has 0 amide bonds. The molecule has 0 atom stereocenters. The van der Waals surface area contributed by atoms with Crippen LogP contribution in [0.25, 0.3) is 66.1 Å². The summed E-state index contributed by atoms with van der Waals surface area (Å²) in [4.78, 5) is 0. The minimum Gasteiger partial charge on any atom is -0.309 e. The zero-order valence-corrected chi connectivity index (χ0v) is 22.5. The largest absolute Gasteiger partial charge is 0.309 e. The second-order valence-corrected chi connectivity index (χ2v) is 10.5. The van der Waals surface area contributed by atoms with Crippen LogP contribution in [-0.2, 0) is 0 Å². The fourth-order valence-corrected chi connectivity index (χ4v) is 6.32. The van der Waals surface area contributed by atoms with Gasteiger partial charge in [0.25, 0.3) is 0 Å². The summed E-state index contributed by atoms with van der Waals surface area (Å²) >= 11 is 0. The van der Waals surface area contributed by atoms with E-state index in [4.69, 9.17) is 0 Å². The molecule has 0 bridgehead atoms. The molecule has 4 heteroatoms. The Morgan fingerprint density at radius 2 is 0.952 bits per heavy atom. The van der Waals surface area contributed by atoms with Gasteiger partial charge in [-0.15, -0.1) is 0 Å². The summed E-state index contributed by atoms with van der Waals surface area (Å²) in [5, 5.41) is 24.1. The Labute approximate surface area is 257 Å². The van der Waals surface area contributed by atoms with Gasteiger partial charge in [0.2, 0.25) is 0 Å². The van der Waals surface area contributed by atoms with Crippen LogP contribution >= 0.6 is 0 Å². The minimum absolute atomic E-state index is 0. The number of benzene rings is 6. The van der Waals surface area contributed by atoms with Crippen molar-refractivity contribution in [2.45, 2.75) is 0 Å². The average molecular weight is 555 g/mol. The van der Waals surface area contributed by atoms with Crippen molar-refractivity contribution in [1.29, 1.82) is 10.5 Å². The molecule has 0 fully saturated rings. The number of hydrogen-bond donors (Lipinski definition) is 0. The molecule has 2 heterocycles. The van der Waals surface area contributed by atoms with Gasteiger partial charge in [0.1, 0.15) is 0 Å². The van der Waals surface area contributed by atoms with Crippen LogP contribution in [0.2, 0.25) is 0 Å². The normalized spacial score (nSPS) is 11.3. The molecule has 6 aromatic carbocycles. The fraction of sp³-hybridized carbons (Fsp3) is 0. The smallest absolute Gasteiger partial charge is 0.0992 e. The molecule has 8 rings (SSSR count). The topological polar surface area (TPSA) is 57.4 Å². The highest BCUT2D eigenvalue weighted by Crippen LogP contribution is 2.36. The Kier molecular flexibility index (Phi) is 5.22. The molecule has 214 valence electrons. The monoisotopic (exact) mass is 554 g/mol. The maximum absolute atomic E-state index is 10.1. The summed E-state index contributed by atoms with van der Waals surface area (Å²) in [6.45, 7) is 0. The summed E-state index contributed by atoms with van der Waals surface area (Å²) in [6.07, 6.45) is 0. The first-order valence-electron chi connectivity index (χ1n) is 13.8. The molecule has 0 radical (unpaired) electrons. The maximum Gasteiger partial charge on any atom is 0.0992 e. The van der Waals surface area contributed by atoms with E-state index in [0.717, 1.165) is 55.3 Å². The lowest BCUT2D eigenvalue weighted by atomic mass is 10.0. The van der Waals surface area contributed by atoms with Gasteiger partial charge in [-0.2, -0.15) is 10.5 Å². The lowest BCUT2D eigenvalue weighted by Crippen LogP contribution is -1.97. The predicted molar refractivity (Wildman–Crippen MR) is 191 cm³/mol. The van der Waals surface area contributed by atoms with E-state index >= 15 is 0 Å². The van der Waals surface area contributed by atoms with Gasteiger partial charge in [-0.1, -0.05) is 66.7 Å². The van der Waals surface area contributed by atoms with Crippen molar-refractivity contribution in [3.63, 3.8) is 0 Å². The third-order valence-electron chi connectivity index (χ3n) is 8.12. The van der Waals surface area contributed by atoms with Gasteiger partial charge in [0, 0.05) is 47.2 Å². The van der Waals surface area contributed by atoms with Crippen molar-refractivity contribution < 1.29 is 14.3 Å². The van der Waals surface area contributed by atoms with Crippen molar-refractivity contribution in [2.24, 2.45) is 0 Å². The van der Waals surface area contributed by atoms with E-state index in [1.165, 1.54) is 10.8 Å². The molecule has 2 aromatic heterocycles. The fourth-order valence-electron chi connectivity index (χ4n) is 6.32. The van der Waals surface area contributed by atoms with Crippen molar-refractivity contribution in [2.75, 3.05) is 0 Å². The molecule has 0 saturated heterocycles. The zero-order chi connectivity index (χ0) is 28.2. The van der Waals surface area contributed by atoms with Gasteiger partial charge in [-0.05, 0) is 77.9 Å². The van der Waals surface area contributed by atoms with Crippen LogP contribution in [0.5, 0.6) is 0 Å². The van der Waals surface area contributed by atoms with Gasteiger partial charge in [-0.25, -0.2) is 0 Å². The van der Waals surface area contributed by atoms with E-state index in [1.54, 1.807) is 0 Å². The molecule has 0 N–H and O–H groups in total. The molecule has 0 saturated carbocycles. The molecule has 0 aliphatic carbocycles. The molecule has 8 aromatic rings. The Bertz CT molecular complexity index is 2430. The molecular formula is C38H42N4. The van der Waals surface area contributed by atoms with Gasteiger partial charge in [0.15, 0.2) is 0 Å². The Morgan fingerprint density at radius 1 is 0.405 bits per heavy atom. The molecular weight excluding hydrogens is 512 g/mol. The van der Waals surface area contributed by atoms with Crippen LogP contribution in [0.1, 0.15) is 25.4 Å². The summed E-state index contributed by atoms with van der Waals surface area (Å²) in [6, 6.07) is 50.2. The van der Waals surface area contributed by atoms with E-state index in [2.05, 4.69) is 112 Å². The van der Waals surface area contributed by atoms with E-state index in [-0.39, 0.29) is 14.3 Å². The van der Waals surface area contributed by atoms with Crippen molar-refractivity contribution in [3.05, 3.63) is 145 Å². The van der Waals surface area contributed by atoms with Crippen molar-refractivity contribution in [3.8, 4) is 34.6 Å². The molecule has 0 aliphatic heterocycles. The lowest BCUT2D eigenvalue weighted by Gasteiger charge is -2.13. The van der Waals surface area contributed by atoms with E-state index in [1.807, 2.05) is 42.5 Å². The summed E-state index contributed by atoms with van der Waals surface area (Å²) in [7, 11) is 0. The summed E-state index contributed by atoms with van der Waals surface area (Å²) in [5.74, 6) is 0. The standard InChI is InChI=1S/C38H22N4.10H2/c39-23-25-16-17-38-34(20-25)33-12-3-6-15-37(33)42(38)30-19-26(24-40)18-28(22-30)27-8-7-9-29(21-27)41-35-13-4-1-10-31(35)32-11-2-5-14-36(32)41;;;;;;;;;;/h1-22H;10*1H. The highest BCUT2D eigenvalue weighted by molar-refractivity contribution is 6.10. The van der Waals surface area contributed by atoms with Crippen molar-refractivity contribution >= 4 is 43.6 Å². The number of nitrogens with zero attached hydrogens (tertiary/aromatic N) is 4. The average Bonchev–Trinajstić information content (AvgIpc) is 3.57. The number of aromatic nitrogens is 2. The van der Waals surface area contributed by atoms with Crippen molar-refractivity contribution in [1.82, 2.24) is 9.13 Å². The quantitative estimate of drug-likeness (QED) is 0.218. The maximum atomic E-state index is 10.1. The first kappa shape index (κ1) is 23.8. The Morgan fingerprint density at radius 3 is 1.60 bits per heavy atom. The third-order valence-corrected chi connectivity index (χ3v) is 8.12. The molecule has 0 aliphatic rings. The van der Waals surface area contributed by atoms with Gasteiger partial charge in [-0.3, -0.25) is 0 Å². The van der Waals surface area contributed by atoms with Crippen LogP contribution in [0.15, 0.2) is 133 Å². The van der Waals surface area contributed by atoms with Crippen LogP contribution in [0.4, 0.5) is 0 Å². The number of nitriles is 2. The Hall–Kier alpha value is -6.10. The number of rotatable bonds is 3.